The molecule has 12 heteroatoms. The van der Waals surface area contributed by atoms with Gasteiger partial charge >= 0.3 is 6.43 Å². The van der Waals surface area contributed by atoms with Gasteiger partial charge in [-0.2, -0.15) is 8.78 Å². The van der Waals surface area contributed by atoms with Crippen molar-refractivity contribution < 1.29 is 17.6 Å². The SMILES string of the molecule is Nc1cnc2ccc(-c3nnnn3Cc3ccc(-c4nnc(C(F)F)o4)cc3F)cc2c1. The molecule has 0 saturated heterocycles. The van der Waals surface area contributed by atoms with Gasteiger partial charge in [0.1, 0.15) is 5.82 Å². The van der Waals surface area contributed by atoms with Gasteiger partial charge in [0.05, 0.1) is 23.9 Å². The second kappa shape index (κ2) is 7.72. The van der Waals surface area contributed by atoms with Crippen LogP contribution in [-0.2, 0) is 6.54 Å². The normalized spacial score (nSPS) is 11.5. The number of nitrogens with zero attached hydrogens (tertiary/aromatic N) is 7. The number of anilines is 1. The van der Waals surface area contributed by atoms with E-state index in [1.54, 1.807) is 12.3 Å². The highest BCUT2D eigenvalue weighted by Gasteiger charge is 2.18. The van der Waals surface area contributed by atoms with E-state index in [9.17, 15) is 13.2 Å². The number of halogens is 3. The largest absolute Gasteiger partial charge is 0.415 e. The Morgan fingerprint density at radius 1 is 1.00 bits per heavy atom. The number of alkyl halides is 2. The molecule has 3 aromatic heterocycles. The molecule has 5 rings (SSSR count). The minimum absolute atomic E-state index is 0.0355. The topological polar surface area (TPSA) is 121 Å². The summed E-state index contributed by atoms with van der Waals surface area (Å²) in [5.74, 6) is -1.19. The summed E-state index contributed by atoms with van der Waals surface area (Å²) in [6.45, 7) is 0.0355. The van der Waals surface area contributed by atoms with Crippen LogP contribution in [-0.4, -0.2) is 35.4 Å². The summed E-state index contributed by atoms with van der Waals surface area (Å²) in [5.41, 5.74) is 8.27. The third kappa shape index (κ3) is 3.62. The first-order valence-corrected chi connectivity index (χ1v) is 9.30. The van der Waals surface area contributed by atoms with E-state index >= 15 is 0 Å². The maximum Gasteiger partial charge on any atom is 0.314 e. The van der Waals surface area contributed by atoms with E-state index in [1.807, 2.05) is 18.2 Å². The Kier molecular flexibility index (Phi) is 4.73. The zero-order chi connectivity index (χ0) is 22.2. The van der Waals surface area contributed by atoms with Crippen molar-refractivity contribution in [2.75, 3.05) is 5.73 Å². The van der Waals surface area contributed by atoms with Crippen LogP contribution in [0.1, 0.15) is 17.9 Å². The summed E-state index contributed by atoms with van der Waals surface area (Å²) < 4.78 is 46.3. The molecule has 0 saturated carbocycles. The van der Waals surface area contributed by atoms with Gasteiger partial charge in [0.2, 0.25) is 5.89 Å². The van der Waals surface area contributed by atoms with Gasteiger partial charge in [-0.3, -0.25) is 4.98 Å². The van der Waals surface area contributed by atoms with Crippen molar-refractivity contribution in [1.29, 1.82) is 0 Å². The lowest BCUT2D eigenvalue weighted by Gasteiger charge is -2.08. The fourth-order valence-corrected chi connectivity index (χ4v) is 3.21. The molecule has 0 spiro atoms. The van der Waals surface area contributed by atoms with Crippen molar-refractivity contribution in [3.05, 3.63) is 65.9 Å². The molecule has 0 aliphatic rings. The van der Waals surface area contributed by atoms with Crippen LogP contribution in [0.3, 0.4) is 0 Å². The van der Waals surface area contributed by atoms with Crippen LogP contribution >= 0.6 is 0 Å². The van der Waals surface area contributed by atoms with Crippen LogP contribution in [0.15, 0.2) is 53.1 Å². The Hall–Kier alpha value is -4.35. The Labute approximate surface area is 177 Å². The third-order valence-corrected chi connectivity index (χ3v) is 4.74. The molecular formula is C20H13F3N8O. The van der Waals surface area contributed by atoms with Crippen LogP contribution in [0.5, 0.6) is 0 Å². The van der Waals surface area contributed by atoms with Crippen molar-refractivity contribution in [2.45, 2.75) is 13.0 Å². The summed E-state index contributed by atoms with van der Waals surface area (Å²) in [7, 11) is 0. The summed E-state index contributed by atoms with van der Waals surface area (Å²) in [6, 6.07) is 11.4. The molecule has 9 nitrogen and oxygen atoms in total. The predicted octanol–water partition coefficient (Wildman–Crippen LogP) is 3.65. The maximum absolute atomic E-state index is 14.7. The zero-order valence-electron chi connectivity index (χ0n) is 16.2. The Bertz CT molecular complexity index is 1430. The number of tetrazole rings is 1. The summed E-state index contributed by atoms with van der Waals surface area (Å²) >= 11 is 0. The lowest BCUT2D eigenvalue weighted by atomic mass is 10.1. The second-order valence-electron chi connectivity index (χ2n) is 6.89. The summed E-state index contributed by atoms with van der Waals surface area (Å²) in [6.07, 6.45) is -1.33. The highest BCUT2D eigenvalue weighted by Crippen LogP contribution is 2.26. The van der Waals surface area contributed by atoms with Crippen LogP contribution < -0.4 is 5.73 Å². The monoisotopic (exact) mass is 438 g/mol. The van der Waals surface area contributed by atoms with Gasteiger partial charge in [-0.25, -0.2) is 9.07 Å². The molecule has 0 aliphatic carbocycles. The number of hydrogen-bond acceptors (Lipinski definition) is 8. The molecule has 0 bridgehead atoms. The van der Waals surface area contributed by atoms with Crippen LogP contribution in [0.4, 0.5) is 18.9 Å². The first kappa shape index (κ1) is 19.6. The number of rotatable bonds is 5. The van der Waals surface area contributed by atoms with E-state index in [-0.39, 0.29) is 23.6 Å². The Morgan fingerprint density at radius 2 is 1.84 bits per heavy atom. The molecule has 0 unspecified atom stereocenters. The third-order valence-electron chi connectivity index (χ3n) is 4.74. The lowest BCUT2D eigenvalue weighted by Crippen LogP contribution is -2.06. The van der Waals surface area contributed by atoms with Crippen molar-refractivity contribution in [1.82, 2.24) is 35.4 Å². The van der Waals surface area contributed by atoms with Gasteiger partial charge in [-0.15, -0.1) is 15.3 Å². The molecule has 0 radical (unpaired) electrons. The van der Waals surface area contributed by atoms with Crippen LogP contribution in [0.25, 0.3) is 33.7 Å². The molecule has 0 amide bonds. The number of nitrogen functional groups attached to an aromatic ring is 1. The Morgan fingerprint density at radius 3 is 2.62 bits per heavy atom. The zero-order valence-corrected chi connectivity index (χ0v) is 16.2. The molecule has 32 heavy (non-hydrogen) atoms. The van der Waals surface area contributed by atoms with Gasteiger partial charge in [-0.05, 0) is 46.8 Å². The minimum Gasteiger partial charge on any atom is -0.415 e. The fraction of sp³-hybridized carbons (Fsp3) is 0.100. The Balaban J connectivity index is 1.44. The van der Waals surface area contributed by atoms with Crippen molar-refractivity contribution in [2.24, 2.45) is 0 Å². The summed E-state index contributed by atoms with van der Waals surface area (Å²) in [5, 5.41) is 19.3. The number of pyridine rings is 1. The van der Waals surface area contributed by atoms with Gasteiger partial charge in [-0.1, -0.05) is 6.07 Å². The molecule has 2 aromatic carbocycles. The molecule has 5 aromatic rings. The van der Waals surface area contributed by atoms with E-state index in [1.165, 1.54) is 16.8 Å². The van der Waals surface area contributed by atoms with Crippen molar-refractivity contribution in [3.8, 4) is 22.8 Å². The van der Waals surface area contributed by atoms with Gasteiger partial charge in [0.15, 0.2) is 5.82 Å². The smallest absolute Gasteiger partial charge is 0.314 e. The minimum atomic E-state index is -2.90. The number of aromatic nitrogens is 7. The van der Waals surface area contributed by atoms with Crippen molar-refractivity contribution in [3.63, 3.8) is 0 Å². The molecule has 3 heterocycles. The van der Waals surface area contributed by atoms with Gasteiger partial charge in [0.25, 0.3) is 5.89 Å². The maximum atomic E-state index is 14.7. The van der Waals surface area contributed by atoms with Crippen molar-refractivity contribution >= 4 is 16.6 Å². The fourth-order valence-electron chi connectivity index (χ4n) is 3.21. The lowest BCUT2D eigenvalue weighted by molar-refractivity contribution is 0.116. The number of benzene rings is 2. The predicted molar refractivity (Wildman–Crippen MR) is 107 cm³/mol. The van der Waals surface area contributed by atoms with E-state index < -0.39 is 18.1 Å². The van der Waals surface area contributed by atoms with E-state index in [4.69, 9.17) is 10.2 Å². The number of hydrogen-bond donors (Lipinski definition) is 1. The molecule has 2 N–H and O–H groups in total. The van der Waals surface area contributed by atoms with E-state index in [0.717, 1.165) is 17.0 Å². The molecule has 0 atom stereocenters. The van der Waals surface area contributed by atoms with E-state index in [2.05, 4.69) is 30.7 Å². The summed E-state index contributed by atoms with van der Waals surface area (Å²) in [4.78, 5) is 4.26. The molecule has 160 valence electrons. The average molecular weight is 438 g/mol. The average Bonchev–Trinajstić information content (AvgIpc) is 3.44. The van der Waals surface area contributed by atoms with Crippen LogP contribution in [0, 0.1) is 5.82 Å². The standard InChI is InChI=1S/C20H13F3N8O/c21-15-7-11(19-27-28-20(32-19)17(22)23)1-2-12(15)9-31-18(26-29-30-31)10-3-4-16-13(5-10)6-14(24)8-25-16/h1-8,17H,9,24H2. The van der Waals surface area contributed by atoms with Gasteiger partial charge in [0, 0.05) is 22.1 Å². The highest BCUT2D eigenvalue weighted by molar-refractivity contribution is 5.85. The first-order valence-electron chi connectivity index (χ1n) is 9.30. The van der Waals surface area contributed by atoms with Gasteiger partial charge < -0.3 is 10.2 Å². The number of nitrogens with two attached hydrogens (primary N) is 1. The van der Waals surface area contributed by atoms with E-state index in [0.29, 0.717) is 17.1 Å². The molecule has 0 aliphatic heterocycles. The molecule has 0 fully saturated rings. The quantitative estimate of drug-likeness (QED) is 0.441. The molecular weight excluding hydrogens is 425 g/mol. The second-order valence-corrected chi connectivity index (χ2v) is 6.89. The highest BCUT2D eigenvalue weighted by atomic mass is 19.3. The first-order chi connectivity index (χ1) is 15.5. The van der Waals surface area contributed by atoms with Crippen LogP contribution in [0.2, 0.25) is 0 Å². The number of fused-ring (bicyclic) bond motifs is 1.